The molecular formula is C24H26INO2. The van der Waals surface area contributed by atoms with Gasteiger partial charge in [-0.25, -0.2) is 0 Å². The smallest absolute Gasteiger partial charge is 0.174 e. The van der Waals surface area contributed by atoms with Gasteiger partial charge in [0.1, 0.15) is 6.61 Å². The highest BCUT2D eigenvalue weighted by Crippen LogP contribution is 2.35. The number of ether oxygens (including phenoxy) is 2. The summed E-state index contributed by atoms with van der Waals surface area (Å²) in [6, 6.07) is 20.9. The number of halogens is 1. The van der Waals surface area contributed by atoms with Crippen LogP contribution in [0.2, 0.25) is 0 Å². The number of hydrogen-bond donors (Lipinski definition) is 1. The summed E-state index contributed by atoms with van der Waals surface area (Å²) in [4.78, 5) is 0. The topological polar surface area (TPSA) is 30.5 Å². The van der Waals surface area contributed by atoms with Crippen molar-refractivity contribution in [1.82, 2.24) is 0 Å². The molecule has 0 saturated heterocycles. The maximum Gasteiger partial charge on any atom is 0.174 e. The van der Waals surface area contributed by atoms with Crippen molar-refractivity contribution in [2.45, 2.75) is 33.9 Å². The van der Waals surface area contributed by atoms with Gasteiger partial charge in [0.15, 0.2) is 11.5 Å². The number of nitrogens with one attached hydrogen (secondary N) is 1. The maximum atomic E-state index is 6.11. The maximum absolute atomic E-state index is 6.11. The Balaban J connectivity index is 1.77. The number of rotatable bonds is 8. The van der Waals surface area contributed by atoms with E-state index in [1.165, 1.54) is 16.7 Å². The average Bonchev–Trinajstić information content (AvgIpc) is 2.69. The number of anilines is 1. The minimum absolute atomic E-state index is 0.525. The number of benzene rings is 3. The molecule has 1 N–H and O–H groups in total. The second kappa shape index (κ2) is 9.82. The molecule has 0 aliphatic rings. The highest BCUT2D eigenvalue weighted by atomic mass is 127. The molecule has 0 radical (unpaired) electrons. The summed E-state index contributed by atoms with van der Waals surface area (Å²) in [5.41, 5.74) is 5.97. The van der Waals surface area contributed by atoms with Gasteiger partial charge in [0, 0.05) is 12.2 Å². The van der Waals surface area contributed by atoms with Gasteiger partial charge in [0.2, 0.25) is 0 Å². The van der Waals surface area contributed by atoms with Crippen LogP contribution in [0.3, 0.4) is 0 Å². The first kappa shape index (κ1) is 20.5. The molecule has 3 aromatic carbocycles. The van der Waals surface area contributed by atoms with Crippen LogP contribution in [0, 0.1) is 17.4 Å². The Hall–Kier alpha value is -2.21. The predicted molar refractivity (Wildman–Crippen MR) is 124 cm³/mol. The lowest BCUT2D eigenvalue weighted by Gasteiger charge is -2.17. The van der Waals surface area contributed by atoms with E-state index in [9.17, 15) is 0 Å². The lowest BCUT2D eigenvalue weighted by Crippen LogP contribution is -2.05. The van der Waals surface area contributed by atoms with Crippen LogP contribution in [-0.4, -0.2) is 6.61 Å². The Labute approximate surface area is 181 Å². The zero-order valence-electron chi connectivity index (χ0n) is 16.6. The normalized spacial score (nSPS) is 10.6. The summed E-state index contributed by atoms with van der Waals surface area (Å²) >= 11 is 2.33. The standard InChI is InChI=1S/C24H26INO2/c1-4-27-23-14-20(15-26-22-12-17(2)10-11-18(22)3)13-21(25)24(23)28-16-19-8-6-5-7-9-19/h5-14,26H,4,15-16H2,1-3H3. The first-order valence-electron chi connectivity index (χ1n) is 9.50. The molecule has 0 unspecified atom stereocenters. The monoisotopic (exact) mass is 487 g/mol. The molecule has 146 valence electrons. The van der Waals surface area contributed by atoms with Gasteiger partial charge in [-0.2, -0.15) is 0 Å². The third kappa shape index (κ3) is 5.41. The molecule has 4 heteroatoms. The molecule has 3 rings (SSSR count). The first-order chi connectivity index (χ1) is 13.6. The summed E-state index contributed by atoms with van der Waals surface area (Å²) in [5.74, 6) is 1.60. The van der Waals surface area contributed by atoms with Crippen molar-refractivity contribution in [1.29, 1.82) is 0 Å². The van der Waals surface area contributed by atoms with E-state index in [0.29, 0.717) is 13.2 Å². The molecule has 0 bridgehead atoms. The largest absolute Gasteiger partial charge is 0.490 e. The van der Waals surface area contributed by atoms with E-state index in [1.807, 2.05) is 25.1 Å². The van der Waals surface area contributed by atoms with E-state index in [2.05, 4.69) is 84.2 Å². The van der Waals surface area contributed by atoms with Crippen LogP contribution in [0.4, 0.5) is 5.69 Å². The van der Waals surface area contributed by atoms with Crippen molar-refractivity contribution in [3.63, 3.8) is 0 Å². The van der Waals surface area contributed by atoms with E-state index in [0.717, 1.165) is 32.9 Å². The highest BCUT2D eigenvalue weighted by Gasteiger charge is 2.13. The van der Waals surface area contributed by atoms with E-state index in [-0.39, 0.29) is 0 Å². The number of hydrogen-bond acceptors (Lipinski definition) is 3. The highest BCUT2D eigenvalue weighted by molar-refractivity contribution is 14.1. The molecule has 0 aliphatic carbocycles. The Kier molecular flexibility index (Phi) is 7.20. The summed E-state index contributed by atoms with van der Waals surface area (Å²) in [6.07, 6.45) is 0. The van der Waals surface area contributed by atoms with Crippen LogP contribution < -0.4 is 14.8 Å². The summed E-state index contributed by atoms with van der Waals surface area (Å²) in [6.45, 7) is 8.09. The minimum Gasteiger partial charge on any atom is -0.490 e. The van der Waals surface area contributed by atoms with Crippen molar-refractivity contribution < 1.29 is 9.47 Å². The van der Waals surface area contributed by atoms with Gasteiger partial charge in [0.05, 0.1) is 10.2 Å². The van der Waals surface area contributed by atoms with Gasteiger partial charge >= 0.3 is 0 Å². The van der Waals surface area contributed by atoms with Crippen LogP contribution in [0.1, 0.15) is 29.2 Å². The second-order valence-electron chi connectivity index (χ2n) is 6.78. The fourth-order valence-electron chi connectivity index (χ4n) is 2.98. The third-order valence-electron chi connectivity index (χ3n) is 4.47. The van der Waals surface area contributed by atoms with Gasteiger partial charge < -0.3 is 14.8 Å². The Morgan fingerprint density at radius 3 is 2.43 bits per heavy atom. The van der Waals surface area contributed by atoms with Gasteiger partial charge in [-0.1, -0.05) is 42.5 Å². The van der Waals surface area contributed by atoms with Crippen molar-refractivity contribution in [2.24, 2.45) is 0 Å². The van der Waals surface area contributed by atoms with Crippen LogP contribution >= 0.6 is 22.6 Å². The van der Waals surface area contributed by atoms with Crippen LogP contribution in [-0.2, 0) is 13.2 Å². The SMILES string of the molecule is CCOc1cc(CNc2cc(C)ccc2C)cc(I)c1OCc1ccccc1. The van der Waals surface area contributed by atoms with Gasteiger partial charge in [-0.3, -0.25) is 0 Å². The quantitative estimate of drug-likeness (QED) is 0.368. The number of aryl methyl sites for hydroxylation is 2. The average molecular weight is 487 g/mol. The molecule has 0 amide bonds. The minimum atomic E-state index is 0.525. The fourth-order valence-corrected chi connectivity index (χ4v) is 3.80. The molecule has 3 aromatic rings. The third-order valence-corrected chi connectivity index (χ3v) is 5.27. The predicted octanol–water partition coefficient (Wildman–Crippen LogP) is 6.50. The first-order valence-corrected chi connectivity index (χ1v) is 10.6. The van der Waals surface area contributed by atoms with Gasteiger partial charge in [-0.05, 0) is 83.8 Å². The lowest BCUT2D eigenvalue weighted by molar-refractivity contribution is 0.267. The molecule has 0 fully saturated rings. The van der Waals surface area contributed by atoms with E-state index < -0.39 is 0 Å². The Morgan fingerprint density at radius 1 is 0.893 bits per heavy atom. The summed E-state index contributed by atoms with van der Waals surface area (Å²) in [5, 5.41) is 3.54. The molecule has 0 saturated carbocycles. The molecule has 3 nitrogen and oxygen atoms in total. The van der Waals surface area contributed by atoms with Crippen LogP contribution in [0.15, 0.2) is 60.7 Å². The molecule has 0 aliphatic heterocycles. The zero-order valence-corrected chi connectivity index (χ0v) is 18.7. The lowest BCUT2D eigenvalue weighted by atomic mass is 10.1. The van der Waals surface area contributed by atoms with E-state index in [4.69, 9.17) is 9.47 Å². The fraction of sp³-hybridized carbons (Fsp3) is 0.250. The molecule has 28 heavy (non-hydrogen) atoms. The van der Waals surface area contributed by atoms with Gasteiger partial charge in [0.25, 0.3) is 0 Å². The summed E-state index contributed by atoms with van der Waals surface area (Å²) in [7, 11) is 0. The van der Waals surface area contributed by atoms with E-state index in [1.54, 1.807) is 0 Å². The molecule has 0 atom stereocenters. The van der Waals surface area contributed by atoms with Crippen molar-refractivity contribution in [3.8, 4) is 11.5 Å². The second-order valence-corrected chi connectivity index (χ2v) is 7.95. The molecular weight excluding hydrogens is 461 g/mol. The molecule has 0 spiro atoms. The van der Waals surface area contributed by atoms with Crippen molar-refractivity contribution in [3.05, 3.63) is 86.5 Å². The van der Waals surface area contributed by atoms with Crippen molar-refractivity contribution in [2.75, 3.05) is 11.9 Å². The Morgan fingerprint density at radius 2 is 1.68 bits per heavy atom. The van der Waals surface area contributed by atoms with Crippen molar-refractivity contribution >= 4 is 28.3 Å². The van der Waals surface area contributed by atoms with E-state index >= 15 is 0 Å². The zero-order chi connectivity index (χ0) is 19.9. The molecule has 0 aromatic heterocycles. The van der Waals surface area contributed by atoms with Gasteiger partial charge in [-0.15, -0.1) is 0 Å². The summed E-state index contributed by atoms with van der Waals surface area (Å²) < 4.78 is 13.0. The Bertz CT molecular complexity index is 925. The van der Waals surface area contributed by atoms with Crippen LogP contribution in [0.25, 0.3) is 0 Å². The molecule has 0 heterocycles. The van der Waals surface area contributed by atoms with Crippen LogP contribution in [0.5, 0.6) is 11.5 Å².